The molecule has 7 nitrogen and oxygen atoms in total. The van der Waals surface area contributed by atoms with Crippen molar-refractivity contribution < 1.29 is 10.0 Å². The Morgan fingerprint density at radius 1 is 1.47 bits per heavy atom. The zero-order valence-electron chi connectivity index (χ0n) is 9.59. The molecular formula is C11H10ClN5O2. The number of halogens is 1. The molecule has 1 aromatic carbocycles. The summed E-state index contributed by atoms with van der Waals surface area (Å²) in [6.45, 7) is 0. The number of benzene rings is 1. The van der Waals surface area contributed by atoms with E-state index in [2.05, 4.69) is 20.7 Å². The number of nitrogens with one attached hydrogen (secondary N) is 2. The van der Waals surface area contributed by atoms with Crippen LogP contribution in [0.15, 0.2) is 35.6 Å². The quantitative estimate of drug-likeness (QED) is 0.294. The summed E-state index contributed by atoms with van der Waals surface area (Å²) in [4.78, 5) is 11.8. The Bertz CT molecular complexity index is 624. The van der Waals surface area contributed by atoms with Crippen molar-refractivity contribution in [3.8, 4) is 0 Å². The maximum atomic E-state index is 11.8. The number of oxime groups is 1. The van der Waals surface area contributed by atoms with Crippen LogP contribution in [0, 0.1) is 0 Å². The molecule has 98 valence electrons. The van der Waals surface area contributed by atoms with Crippen molar-refractivity contribution in [1.29, 1.82) is 0 Å². The predicted octanol–water partition coefficient (Wildman–Crippen LogP) is 1.41. The topological polar surface area (TPSA) is 116 Å². The number of carbonyl (C=O) groups is 1. The standard InChI is InChI=1S/C11H10ClN5O2/c12-7-2-1-6(10(13)17-19)5-9(7)15-11(18)8-3-4-14-16-8/h1-5,19H,(H2,13,17)(H,14,16)(H,15,18). The van der Waals surface area contributed by atoms with Crippen LogP contribution in [0.2, 0.25) is 5.02 Å². The van der Waals surface area contributed by atoms with Crippen molar-refractivity contribution in [3.05, 3.63) is 46.7 Å². The summed E-state index contributed by atoms with van der Waals surface area (Å²) >= 11 is 5.97. The molecule has 19 heavy (non-hydrogen) atoms. The van der Waals surface area contributed by atoms with Gasteiger partial charge in [0, 0.05) is 11.8 Å². The molecule has 1 amide bonds. The van der Waals surface area contributed by atoms with Crippen molar-refractivity contribution in [3.63, 3.8) is 0 Å². The highest BCUT2D eigenvalue weighted by Crippen LogP contribution is 2.23. The lowest BCUT2D eigenvalue weighted by molar-refractivity contribution is 0.102. The van der Waals surface area contributed by atoms with Crippen LogP contribution in [0.4, 0.5) is 5.69 Å². The van der Waals surface area contributed by atoms with E-state index in [-0.39, 0.29) is 5.84 Å². The summed E-state index contributed by atoms with van der Waals surface area (Å²) in [5.74, 6) is -0.468. The highest BCUT2D eigenvalue weighted by Gasteiger charge is 2.11. The first-order chi connectivity index (χ1) is 9.11. The van der Waals surface area contributed by atoms with Gasteiger partial charge in [0.15, 0.2) is 5.84 Å². The van der Waals surface area contributed by atoms with Gasteiger partial charge in [0.25, 0.3) is 5.91 Å². The molecule has 1 aromatic heterocycles. The molecule has 0 aliphatic rings. The molecule has 1 heterocycles. The SMILES string of the molecule is NC(=NO)c1ccc(Cl)c(NC(=O)c2ccn[nH]2)c1. The van der Waals surface area contributed by atoms with Gasteiger partial charge in [-0.25, -0.2) is 0 Å². The number of H-pyrrole nitrogens is 1. The number of aromatic amines is 1. The first-order valence-electron chi connectivity index (χ1n) is 5.20. The second-order valence-electron chi connectivity index (χ2n) is 3.60. The molecule has 5 N–H and O–H groups in total. The first kappa shape index (κ1) is 12.9. The van der Waals surface area contributed by atoms with Crippen LogP contribution in [-0.2, 0) is 0 Å². The Morgan fingerprint density at radius 3 is 2.89 bits per heavy atom. The second-order valence-corrected chi connectivity index (χ2v) is 4.01. The number of aromatic nitrogens is 2. The van der Waals surface area contributed by atoms with E-state index in [9.17, 15) is 4.79 Å². The smallest absolute Gasteiger partial charge is 0.273 e. The van der Waals surface area contributed by atoms with Gasteiger partial charge in [-0.15, -0.1) is 0 Å². The Balaban J connectivity index is 2.27. The van der Waals surface area contributed by atoms with Gasteiger partial charge in [0.1, 0.15) is 5.69 Å². The molecule has 0 unspecified atom stereocenters. The Labute approximate surface area is 113 Å². The normalized spacial score (nSPS) is 11.3. The van der Waals surface area contributed by atoms with Gasteiger partial charge in [-0.1, -0.05) is 16.8 Å². The minimum Gasteiger partial charge on any atom is -0.409 e. The monoisotopic (exact) mass is 279 g/mol. The third-order valence-corrected chi connectivity index (χ3v) is 2.69. The van der Waals surface area contributed by atoms with Gasteiger partial charge in [-0.2, -0.15) is 5.10 Å². The highest BCUT2D eigenvalue weighted by molar-refractivity contribution is 6.34. The zero-order chi connectivity index (χ0) is 13.8. The fourth-order valence-electron chi connectivity index (χ4n) is 1.41. The molecule has 0 aliphatic carbocycles. The van der Waals surface area contributed by atoms with Gasteiger partial charge in [0.2, 0.25) is 0 Å². The van der Waals surface area contributed by atoms with E-state index in [4.69, 9.17) is 22.5 Å². The fraction of sp³-hybridized carbons (Fsp3) is 0. The number of rotatable bonds is 3. The number of carbonyl (C=O) groups excluding carboxylic acids is 1. The molecule has 0 bridgehead atoms. The minimum absolute atomic E-state index is 0.0753. The van der Waals surface area contributed by atoms with Gasteiger partial charge in [-0.3, -0.25) is 9.89 Å². The fourth-order valence-corrected chi connectivity index (χ4v) is 1.57. The van der Waals surface area contributed by atoms with E-state index in [1.807, 2.05) is 0 Å². The number of hydrogen-bond acceptors (Lipinski definition) is 4. The highest BCUT2D eigenvalue weighted by atomic mass is 35.5. The van der Waals surface area contributed by atoms with Crippen LogP contribution >= 0.6 is 11.6 Å². The summed E-state index contributed by atoms with van der Waals surface area (Å²) < 4.78 is 0. The van der Waals surface area contributed by atoms with Crippen LogP contribution < -0.4 is 11.1 Å². The number of hydrogen-bond donors (Lipinski definition) is 4. The third-order valence-electron chi connectivity index (χ3n) is 2.36. The number of amides is 1. The van der Waals surface area contributed by atoms with Crippen molar-refractivity contribution in [1.82, 2.24) is 10.2 Å². The maximum absolute atomic E-state index is 11.8. The molecule has 0 aliphatic heterocycles. The summed E-state index contributed by atoms with van der Waals surface area (Å²) in [6, 6.07) is 6.14. The van der Waals surface area contributed by atoms with E-state index >= 15 is 0 Å². The predicted molar refractivity (Wildman–Crippen MR) is 70.5 cm³/mol. The van der Waals surface area contributed by atoms with E-state index in [1.165, 1.54) is 24.4 Å². The van der Waals surface area contributed by atoms with Gasteiger partial charge in [0.05, 0.1) is 10.7 Å². The van der Waals surface area contributed by atoms with E-state index in [0.717, 1.165) is 0 Å². The lowest BCUT2D eigenvalue weighted by Gasteiger charge is -2.08. The zero-order valence-corrected chi connectivity index (χ0v) is 10.3. The van der Waals surface area contributed by atoms with E-state index in [0.29, 0.717) is 22.0 Å². The maximum Gasteiger partial charge on any atom is 0.273 e. The van der Waals surface area contributed by atoms with Crippen LogP contribution in [0.5, 0.6) is 0 Å². The summed E-state index contributed by atoms with van der Waals surface area (Å²) in [5.41, 5.74) is 6.55. The molecule has 0 fully saturated rings. The number of anilines is 1. The molecule has 0 atom stereocenters. The lowest BCUT2D eigenvalue weighted by atomic mass is 10.2. The summed E-state index contributed by atoms with van der Waals surface area (Å²) in [7, 11) is 0. The molecule has 0 saturated heterocycles. The van der Waals surface area contributed by atoms with Gasteiger partial charge in [-0.05, 0) is 24.3 Å². The number of nitrogens with two attached hydrogens (primary N) is 1. The molecular weight excluding hydrogens is 270 g/mol. The third kappa shape index (κ3) is 2.83. The van der Waals surface area contributed by atoms with Crippen LogP contribution in [0.25, 0.3) is 0 Å². The summed E-state index contributed by atoms with van der Waals surface area (Å²) in [6.07, 6.45) is 1.46. The Morgan fingerprint density at radius 2 is 2.26 bits per heavy atom. The molecule has 8 heteroatoms. The number of nitrogens with zero attached hydrogens (tertiary/aromatic N) is 2. The van der Waals surface area contributed by atoms with Crippen molar-refractivity contribution in [2.45, 2.75) is 0 Å². The minimum atomic E-state index is -0.393. The van der Waals surface area contributed by atoms with Crippen LogP contribution in [0.3, 0.4) is 0 Å². The van der Waals surface area contributed by atoms with Crippen molar-refractivity contribution >= 4 is 29.0 Å². The van der Waals surface area contributed by atoms with Crippen LogP contribution in [-0.4, -0.2) is 27.1 Å². The van der Waals surface area contributed by atoms with E-state index in [1.54, 1.807) is 6.07 Å². The van der Waals surface area contributed by atoms with Gasteiger partial charge >= 0.3 is 0 Å². The average Bonchev–Trinajstić information content (AvgIpc) is 2.94. The Hall–Kier alpha value is -2.54. The van der Waals surface area contributed by atoms with Crippen molar-refractivity contribution in [2.24, 2.45) is 10.9 Å². The van der Waals surface area contributed by atoms with Crippen LogP contribution in [0.1, 0.15) is 16.1 Å². The molecule has 0 saturated carbocycles. The summed E-state index contributed by atoms with van der Waals surface area (Å²) in [5, 5.41) is 20.6. The first-order valence-corrected chi connectivity index (χ1v) is 5.58. The lowest BCUT2D eigenvalue weighted by Crippen LogP contribution is -2.16. The Kier molecular flexibility index (Phi) is 3.67. The van der Waals surface area contributed by atoms with Crippen molar-refractivity contribution in [2.75, 3.05) is 5.32 Å². The van der Waals surface area contributed by atoms with Gasteiger partial charge < -0.3 is 16.3 Å². The molecule has 0 spiro atoms. The van der Waals surface area contributed by atoms with E-state index < -0.39 is 5.91 Å². The molecule has 2 rings (SSSR count). The number of amidine groups is 1. The second kappa shape index (κ2) is 5.40. The molecule has 2 aromatic rings. The average molecular weight is 280 g/mol. The molecule has 0 radical (unpaired) electrons. The largest absolute Gasteiger partial charge is 0.409 e.